The zero-order chi connectivity index (χ0) is 15.9. The summed E-state index contributed by atoms with van der Waals surface area (Å²) in [5.74, 6) is -1.23. The average molecular weight is 302 g/mol. The van der Waals surface area contributed by atoms with Crippen LogP contribution in [-0.2, 0) is 16.1 Å². The van der Waals surface area contributed by atoms with Gasteiger partial charge in [-0.2, -0.15) is 5.26 Å². The number of alkyl carbamates (subject to hydrolysis) is 1. The normalized spacial score (nSPS) is 16.1. The Hall–Kier alpha value is -2.55. The summed E-state index contributed by atoms with van der Waals surface area (Å²) in [6, 6.07) is 10.1. The third kappa shape index (κ3) is 4.77. The first kappa shape index (κ1) is 15.8. The van der Waals surface area contributed by atoms with Gasteiger partial charge in [-0.25, -0.2) is 9.59 Å². The van der Waals surface area contributed by atoms with Gasteiger partial charge in [-0.05, 0) is 30.7 Å². The summed E-state index contributed by atoms with van der Waals surface area (Å²) in [6.45, 7) is 0.0727. The standard InChI is InChI=1S/C16H18N2O4/c17-9-13(12-6-7-12)8-14(15(19)20)18-16(21)22-10-11-4-2-1-3-5-11/h1-5,12-14H,6-8,10H2,(H,18,21)(H,19,20). The number of carboxylic acid groups (broad SMARTS) is 1. The van der Waals surface area contributed by atoms with Crippen molar-refractivity contribution in [2.24, 2.45) is 11.8 Å². The van der Waals surface area contributed by atoms with E-state index in [9.17, 15) is 14.7 Å². The monoisotopic (exact) mass is 302 g/mol. The number of carbonyl (C=O) groups excluding carboxylic acids is 1. The van der Waals surface area contributed by atoms with Gasteiger partial charge in [-0.3, -0.25) is 0 Å². The van der Waals surface area contributed by atoms with Crippen LogP contribution < -0.4 is 5.32 Å². The summed E-state index contributed by atoms with van der Waals surface area (Å²) >= 11 is 0. The maximum absolute atomic E-state index is 11.7. The van der Waals surface area contributed by atoms with Crippen LogP contribution in [0.1, 0.15) is 24.8 Å². The average Bonchev–Trinajstić information content (AvgIpc) is 3.35. The molecular formula is C16H18N2O4. The summed E-state index contributed by atoms with van der Waals surface area (Å²) in [5.41, 5.74) is 0.817. The van der Waals surface area contributed by atoms with Crippen LogP contribution in [0.15, 0.2) is 30.3 Å². The number of ether oxygens (including phenoxy) is 1. The minimum Gasteiger partial charge on any atom is -0.480 e. The van der Waals surface area contributed by atoms with Crippen LogP contribution in [0.5, 0.6) is 0 Å². The Morgan fingerprint density at radius 1 is 1.36 bits per heavy atom. The molecule has 2 unspecified atom stereocenters. The van der Waals surface area contributed by atoms with Crippen molar-refractivity contribution >= 4 is 12.1 Å². The van der Waals surface area contributed by atoms with Crippen LogP contribution in [0, 0.1) is 23.2 Å². The number of nitriles is 1. The number of hydrogen-bond acceptors (Lipinski definition) is 4. The van der Waals surface area contributed by atoms with Crippen LogP contribution >= 0.6 is 0 Å². The molecule has 2 rings (SSSR count). The number of nitrogens with one attached hydrogen (secondary N) is 1. The molecule has 0 aliphatic heterocycles. The summed E-state index contributed by atoms with van der Waals surface area (Å²) in [6.07, 6.45) is 1.21. The molecule has 0 radical (unpaired) electrons. The molecule has 22 heavy (non-hydrogen) atoms. The van der Waals surface area contributed by atoms with Crippen molar-refractivity contribution in [3.05, 3.63) is 35.9 Å². The molecule has 0 spiro atoms. The number of carboxylic acids is 1. The molecule has 1 saturated carbocycles. The predicted octanol–water partition coefficient (Wildman–Crippen LogP) is 2.31. The molecule has 2 atom stereocenters. The largest absolute Gasteiger partial charge is 0.480 e. The summed E-state index contributed by atoms with van der Waals surface area (Å²) in [4.78, 5) is 22.9. The topological polar surface area (TPSA) is 99.4 Å². The van der Waals surface area contributed by atoms with Gasteiger partial charge in [0.25, 0.3) is 0 Å². The second-order valence-corrected chi connectivity index (χ2v) is 5.41. The Morgan fingerprint density at radius 2 is 2.05 bits per heavy atom. The van der Waals surface area contributed by atoms with E-state index in [4.69, 9.17) is 10.00 Å². The number of aliphatic carboxylic acids is 1. The van der Waals surface area contributed by atoms with E-state index in [1.807, 2.05) is 18.2 Å². The lowest BCUT2D eigenvalue weighted by molar-refractivity contribution is -0.139. The fourth-order valence-corrected chi connectivity index (χ4v) is 2.23. The highest BCUT2D eigenvalue weighted by atomic mass is 16.5. The van der Waals surface area contributed by atoms with E-state index >= 15 is 0 Å². The molecule has 1 amide bonds. The number of hydrogen-bond donors (Lipinski definition) is 2. The maximum atomic E-state index is 11.7. The van der Waals surface area contributed by atoms with Gasteiger partial charge in [0, 0.05) is 0 Å². The van der Waals surface area contributed by atoms with Crippen molar-refractivity contribution in [1.29, 1.82) is 5.26 Å². The Kier molecular flexibility index (Phi) is 5.37. The molecule has 1 aliphatic rings. The van der Waals surface area contributed by atoms with E-state index in [0.29, 0.717) is 0 Å². The van der Waals surface area contributed by atoms with E-state index in [0.717, 1.165) is 18.4 Å². The molecule has 1 aliphatic carbocycles. The van der Waals surface area contributed by atoms with Gasteiger partial charge >= 0.3 is 12.1 Å². The van der Waals surface area contributed by atoms with Crippen LogP contribution in [0.3, 0.4) is 0 Å². The third-order valence-electron chi connectivity index (χ3n) is 3.65. The summed E-state index contributed by atoms with van der Waals surface area (Å²) < 4.78 is 5.00. The van der Waals surface area contributed by atoms with Gasteiger partial charge in [-0.1, -0.05) is 30.3 Å². The van der Waals surface area contributed by atoms with E-state index < -0.39 is 18.1 Å². The molecule has 0 bridgehead atoms. The lowest BCUT2D eigenvalue weighted by atomic mass is 9.96. The first-order chi connectivity index (χ1) is 10.6. The van der Waals surface area contributed by atoms with E-state index in [1.54, 1.807) is 12.1 Å². The second-order valence-electron chi connectivity index (χ2n) is 5.41. The van der Waals surface area contributed by atoms with Crippen molar-refractivity contribution < 1.29 is 19.4 Å². The first-order valence-corrected chi connectivity index (χ1v) is 7.19. The molecule has 2 N–H and O–H groups in total. The molecule has 6 heteroatoms. The Morgan fingerprint density at radius 3 is 2.59 bits per heavy atom. The second kappa shape index (κ2) is 7.46. The van der Waals surface area contributed by atoms with Gasteiger partial charge in [0.2, 0.25) is 0 Å². The van der Waals surface area contributed by atoms with Crippen molar-refractivity contribution in [3.63, 3.8) is 0 Å². The lowest BCUT2D eigenvalue weighted by Crippen LogP contribution is -2.42. The zero-order valence-electron chi connectivity index (χ0n) is 12.1. The van der Waals surface area contributed by atoms with Crippen LogP contribution in [0.2, 0.25) is 0 Å². The Bertz CT molecular complexity index is 563. The summed E-state index contributed by atoms with van der Waals surface area (Å²) in [7, 11) is 0. The summed E-state index contributed by atoms with van der Waals surface area (Å²) in [5, 5.41) is 20.6. The fourth-order valence-electron chi connectivity index (χ4n) is 2.23. The van der Waals surface area contributed by atoms with Crippen LogP contribution in [-0.4, -0.2) is 23.2 Å². The van der Waals surface area contributed by atoms with Gasteiger partial charge < -0.3 is 15.2 Å². The fraction of sp³-hybridized carbons (Fsp3) is 0.438. The van der Waals surface area contributed by atoms with Crippen molar-refractivity contribution in [2.75, 3.05) is 0 Å². The molecule has 6 nitrogen and oxygen atoms in total. The molecular weight excluding hydrogens is 284 g/mol. The number of carbonyl (C=O) groups is 2. The SMILES string of the molecule is N#CC(CC(NC(=O)OCc1ccccc1)C(=O)O)C1CC1. The molecule has 0 aromatic heterocycles. The molecule has 1 aromatic rings. The molecule has 0 saturated heterocycles. The lowest BCUT2D eigenvalue weighted by Gasteiger charge is -2.17. The minimum absolute atomic E-state index is 0.0727. The number of benzene rings is 1. The van der Waals surface area contributed by atoms with Gasteiger partial charge in [0.1, 0.15) is 12.6 Å². The van der Waals surface area contributed by atoms with Gasteiger partial charge in [-0.15, -0.1) is 0 Å². The quantitative estimate of drug-likeness (QED) is 0.805. The predicted molar refractivity (Wildman–Crippen MR) is 77.6 cm³/mol. The molecule has 1 fully saturated rings. The highest BCUT2D eigenvalue weighted by Gasteiger charge is 2.35. The smallest absolute Gasteiger partial charge is 0.408 e. The maximum Gasteiger partial charge on any atom is 0.408 e. The van der Waals surface area contributed by atoms with Crippen molar-refractivity contribution in [3.8, 4) is 6.07 Å². The highest BCUT2D eigenvalue weighted by molar-refractivity contribution is 5.79. The van der Waals surface area contributed by atoms with Crippen molar-refractivity contribution in [2.45, 2.75) is 31.9 Å². The first-order valence-electron chi connectivity index (χ1n) is 7.19. The number of rotatable bonds is 7. The van der Waals surface area contributed by atoms with Crippen molar-refractivity contribution in [1.82, 2.24) is 5.32 Å². The van der Waals surface area contributed by atoms with E-state index in [-0.39, 0.29) is 24.9 Å². The highest BCUT2D eigenvalue weighted by Crippen LogP contribution is 2.38. The van der Waals surface area contributed by atoms with Crippen LogP contribution in [0.4, 0.5) is 4.79 Å². The Labute approximate surface area is 128 Å². The number of amides is 1. The number of nitrogens with zero attached hydrogens (tertiary/aromatic N) is 1. The Balaban J connectivity index is 1.83. The minimum atomic E-state index is -1.16. The third-order valence-corrected chi connectivity index (χ3v) is 3.65. The van der Waals surface area contributed by atoms with E-state index in [1.165, 1.54) is 0 Å². The molecule has 116 valence electrons. The van der Waals surface area contributed by atoms with Gasteiger partial charge in [0.05, 0.1) is 12.0 Å². The zero-order valence-corrected chi connectivity index (χ0v) is 12.1. The van der Waals surface area contributed by atoms with Gasteiger partial charge in [0.15, 0.2) is 0 Å². The van der Waals surface area contributed by atoms with E-state index in [2.05, 4.69) is 11.4 Å². The molecule has 0 heterocycles. The van der Waals surface area contributed by atoms with Crippen LogP contribution in [0.25, 0.3) is 0 Å². The molecule has 1 aromatic carbocycles.